The van der Waals surface area contributed by atoms with Gasteiger partial charge in [-0.3, -0.25) is 9.59 Å². The first-order valence-corrected chi connectivity index (χ1v) is 11.7. The number of allylic oxidation sites excluding steroid dienone is 1. The number of esters is 1. The lowest BCUT2D eigenvalue weighted by molar-refractivity contribution is -0.136. The summed E-state index contributed by atoms with van der Waals surface area (Å²) in [7, 11) is 1.31. The van der Waals surface area contributed by atoms with Crippen molar-refractivity contribution < 1.29 is 23.9 Å². The van der Waals surface area contributed by atoms with Gasteiger partial charge in [0, 0.05) is 18.8 Å². The van der Waals surface area contributed by atoms with Crippen LogP contribution in [0.1, 0.15) is 31.9 Å². The molecule has 2 amide bonds. The zero-order valence-corrected chi connectivity index (χ0v) is 20.7. The highest BCUT2D eigenvalue weighted by atomic mass is 16.5. The predicted molar refractivity (Wildman–Crippen MR) is 134 cm³/mol. The van der Waals surface area contributed by atoms with Gasteiger partial charge in [0.25, 0.3) is 11.8 Å². The number of hydrogen-bond donors (Lipinski definition) is 1. The molecule has 0 aliphatic carbocycles. The first-order chi connectivity index (χ1) is 16.8. The monoisotopic (exact) mass is 476 g/mol. The van der Waals surface area contributed by atoms with Crippen LogP contribution in [0.2, 0.25) is 0 Å². The largest absolute Gasteiger partial charge is 0.484 e. The van der Waals surface area contributed by atoms with Crippen LogP contribution in [0.25, 0.3) is 6.08 Å². The number of amides is 2. The summed E-state index contributed by atoms with van der Waals surface area (Å²) in [6, 6.07) is 16.9. The number of carbonyl (C=O) groups is 3. The molecule has 0 atom stereocenters. The second-order valence-corrected chi connectivity index (χ2v) is 8.76. The average molecular weight is 477 g/mol. The quantitative estimate of drug-likeness (QED) is 0.417. The molecule has 7 nitrogen and oxygen atoms in total. The van der Waals surface area contributed by atoms with Crippen molar-refractivity contribution in [1.29, 1.82) is 0 Å². The maximum Gasteiger partial charge on any atom is 0.340 e. The number of nitrogens with zero attached hydrogens (tertiary/aromatic N) is 1. The molecule has 1 N–H and O–H groups in total. The molecule has 0 fully saturated rings. The van der Waals surface area contributed by atoms with E-state index in [1.807, 2.05) is 44.2 Å². The second-order valence-electron chi connectivity index (χ2n) is 8.76. The van der Waals surface area contributed by atoms with Gasteiger partial charge < -0.3 is 19.7 Å². The van der Waals surface area contributed by atoms with E-state index in [0.717, 1.165) is 17.5 Å². The fourth-order valence-electron chi connectivity index (χ4n) is 3.83. The van der Waals surface area contributed by atoms with Crippen molar-refractivity contribution in [3.63, 3.8) is 0 Å². The molecule has 0 spiro atoms. The smallest absolute Gasteiger partial charge is 0.340 e. The van der Waals surface area contributed by atoms with Crippen LogP contribution in [-0.4, -0.2) is 49.5 Å². The van der Waals surface area contributed by atoms with E-state index < -0.39 is 5.97 Å². The van der Waals surface area contributed by atoms with E-state index in [0.29, 0.717) is 30.1 Å². The van der Waals surface area contributed by atoms with Gasteiger partial charge in [-0.2, -0.15) is 0 Å². The van der Waals surface area contributed by atoms with Gasteiger partial charge in [-0.05, 0) is 48.6 Å². The molecule has 1 aliphatic rings. The van der Waals surface area contributed by atoms with Crippen LogP contribution in [0.15, 0.2) is 71.4 Å². The molecule has 0 aromatic heterocycles. The van der Waals surface area contributed by atoms with Gasteiger partial charge in [0.05, 0.1) is 18.3 Å². The van der Waals surface area contributed by atoms with Gasteiger partial charge in [-0.1, -0.05) is 56.3 Å². The standard InChI is InChI=1S/C28H32N2O5/c1-19(2)17-30-20(3)26(28(33)34-4)24(27(30)32)16-22-10-12-23(13-11-22)35-18-25(31)29-15-14-21-8-6-5-7-9-21/h5-13,16,19H,14-15,17-18H2,1-4H3,(H,29,31)/b24-16-. The van der Waals surface area contributed by atoms with Crippen LogP contribution in [0.5, 0.6) is 5.75 Å². The molecule has 2 aromatic carbocycles. The topological polar surface area (TPSA) is 84.9 Å². The van der Waals surface area contributed by atoms with Crippen LogP contribution in [-0.2, 0) is 25.5 Å². The lowest BCUT2D eigenvalue weighted by Gasteiger charge is -2.19. The molecule has 35 heavy (non-hydrogen) atoms. The summed E-state index contributed by atoms with van der Waals surface area (Å²) in [5, 5.41) is 2.84. The molecular weight excluding hydrogens is 444 g/mol. The molecule has 0 saturated heterocycles. The molecule has 1 aliphatic heterocycles. The molecule has 1 heterocycles. The molecule has 3 rings (SSSR count). The maximum atomic E-state index is 13.0. The van der Waals surface area contributed by atoms with Crippen molar-refractivity contribution in [3.8, 4) is 5.75 Å². The Morgan fingerprint density at radius 2 is 1.74 bits per heavy atom. The van der Waals surface area contributed by atoms with Crippen molar-refractivity contribution in [2.24, 2.45) is 5.92 Å². The van der Waals surface area contributed by atoms with E-state index in [2.05, 4.69) is 5.32 Å². The summed E-state index contributed by atoms with van der Waals surface area (Å²) >= 11 is 0. The summed E-state index contributed by atoms with van der Waals surface area (Å²) in [4.78, 5) is 39.1. The minimum absolute atomic E-state index is 0.0910. The molecule has 184 valence electrons. The van der Waals surface area contributed by atoms with Crippen molar-refractivity contribution in [1.82, 2.24) is 10.2 Å². The molecule has 0 saturated carbocycles. The Bertz CT molecular complexity index is 1120. The SMILES string of the molecule is COC(=O)C1=C(C)N(CC(C)C)C(=O)/C1=C\c1ccc(OCC(=O)NCCc2ccccc2)cc1. The summed E-state index contributed by atoms with van der Waals surface area (Å²) in [6.07, 6.45) is 2.43. The highest BCUT2D eigenvalue weighted by Crippen LogP contribution is 2.32. The third-order valence-corrected chi connectivity index (χ3v) is 5.59. The zero-order chi connectivity index (χ0) is 25.4. The number of carbonyl (C=O) groups excluding carboxylic acids is 3. The number of methoxy groups -OCH3 is 1. The van der Waals surface area contributed by atoms with Gasteiger partial charge in [-0.15, -0.1) is 0 Å². The molecule has 0 radical (unpaired) electrons. The molecule has 2 aromatic rings. The Balaban J connectivity index is 1.61. The van der Waals surface area contributed by atoms with Crippen LogP contribution < -0.4 is 10.1 Å². The Morgan fingerprint density at radius 1 is 1.06 bits per heavy atom. The lowest BCUT2D eigenvalue weighted by atomic mass is 10.0. The molecule has 0 unspecified atom stereocenters. The number of nitrogens with one attached hydrogen (secondary N) is 1. The number of hydrogen-bond acceptors (Lipinski definition) is 5. The highest BCUT2D eigenvalue weighted by molar-refractivity contribution is 6.16. The number of ether oxygens (including phenoxy) is 2. The normalized spacial score (nSPS) is 14.6. The van der Waals surface area contributed by atoms with E-state index in [9.17, 15) is 14.4 Å². The van der Waals surface area contributed by atoms with Crippen molar-refractivity contribution in [3.05, 3.63) is 82.6 Å². The Labute approximate surface area is 206 Å². The number of rotatable bonds is 10. The van der Waals surface area contributed by atoms with E-state index in [1.165, 1.54) is 7.11 Å². The average Bonchev–Trinajstić information content (AvgIpc) is 3.07. The molecule has 0 bridgehead atoms. The summed E-state index contributed by atoms with van der Waals surface area (Å²) in [6.45, 7) is 6.75. The van der Waals surface area contributed by atoms with Gasteiger partial charge >= 0.3 is 5.97 Å². The second kappa shape index (κ2) is 12.0. The third-order valence-electron chi connectivity index (χ3n) is 5.59. The minimum Gasteiger partial charge on any atom is -0.484 e. The van der Waals surface area contributed by atoms with E-state index >= 15 is 0 Å². The van der Waals surface area contributed by atoms with Gasteiger partial charge in [0.15, 0.2) is 6.61 Å². The lowest BCUT2D eigenvalue weighted by Crippen LogP contribution is -2.30. The first kappa shape index (κ1) is 25.7. The Morgan fingerprint density at radius 3 is 2.37 bits per heavy atom. The van der Waals surface area contributed by atoms with Crippen LogP contribution in [0.4, 0.5) is 0 Å². The zero-order valence-electron chi connectivity index (χ0n) is 20.7. The van der Waals surface area contributed by atoms with Crippen molar-refractivity contribution in [2.45, 2.75) is 27.2 Å². The fourth-order valence-corrected chi connectivity index (χ4v) is 3.83. The summed E-state index contributed by atoms with van der Waals surface area (Å²) in [5.74, 6) is -0.170. The van der Waals surface area contributed by atoms with Crippen LogP contribution in [0.3, 0.4) is 0 Å². The van der Waals surface area contributed by atoms with Gasteiger partial charge in [-0.25, -0.2) is 4.79 Å². The minimum atomic E-state index is -0.536. The van der Waals surface area contributed by atoms with Crippen LogP contribution in [0, 0.1) is 5.92 Å². The Kier molecular flexibility index (Phi) is 8.84. The van der Waals surface area contributed by atoms with E-state index in [1.54, 1.807) is 42.2 Å². The first-order valence-electron chi connectivity index (χ1n) is 11.7. The molecular formula is C28H32N2O5. The van der Waals surface area contributed by atoms with Crippen molar-refractivity contribution >= 4 is 23.9 Å². The molecule has 7 heteroatoms. The number of benzene rings is 2. The van der Waals surface area contributed by atoms with Crippen LogP contribution >= 0.6 is 0 Å². The van der Waals surface area contributed by atoms with Gasteiger partial charge in [0.1, 0.15) is 5.75 Å². The van der Waals surface area contributed by atoms with Gasteiger partial charge in [0.2, 0.25) is 0 Å². The Hall–Kier alpha value is -3.87. The highest BCUT2D eigenvalue weighted by Gasteiger charge is 2.37. The maximum absolute atomic E-state index is 13.0. The predicted octanol–water partition coefficient (Wildman–Crippen LogP) is 3.75. The summed E-state index contributed by atoms with van der Waals surface area (Å²) < 4.78 is 10.5. The van der Waals surface area contributed by atoms with E-state index in [4.69, 9.17) is 9.47 Å². The van der Waals surface area contributed by atoms with E-state index in [-0.39, 0.29) is 29.9 Å². The van der Waals surface area contributed by atoms with Crippen molar-refractivity contribution in [2.75, 3.05) is 26.8 Å². The third kappa shape index (κ3) is 6.82. The summed E-state index contributed by atoms with van der Waals surface area (Å²) in [5.41, 5.74) is 3.08. The fraction of sp³-hybridized carbons (Fsp3) is 0.321.